The quantitative estimate of drug-likeness (QED) is 0.664. The SMILES string of the molecule is N#Cc1ccc(Cl)cc1Nc1ncc(Br)cc1[N+](=O)[O-]. The summed E-state index contributed by atoms with van der Waals surface area (Å²) >= 11 is 8.98. The van der Waals surface area contributed by atoms with E-state index in [4.69, 9.17) is 16.9 Å². The van der Waals surface area contributed by atoms with E-state index < -0.39 is 4.92 Å². The van der Waals surface area contributed by atoms with Crippen LogP contribution in [0.4, 0.5) is 17.2 Å². The molecule has 0 saturated carbocycles. The average Bonchev–Trinajstić information content (AvgIpc) is 2.41. The van der Waals surface area contributed by atoms with E-state index in [0.717, 1.165) is 0 Å². The normalized spacial score (nSPS) is 9.85. The Labute approximate surface area is 127 Å². The van der Waals surface area contributed by atoms with Crippen LogP contribution in [0.15, 0.2) is 34.9 Å². The summed E-state index contributed by atoms with van der Waals surface area (Å²) in [4.78, 5) is 14.4. The second kappa shape index (κ2) is 5.86. The fourth-order valence-electron chi connectivity index (χ4n) is 1.51. The number of nitrogens with one attached hydrogen (secondary N) is 1. The molecule has 1 N–H and O–H groups in total. The molecule has 2 aromatic rings. The lowest BCUT2D eigenvalue weighted by molar-refractivity contribution is -0.384. The Bertz CT molecular complexity index is 730. The van der Waals surface area contributed by atoms with Gasteiger partial charge in [0.15, 0.2) is 0 Å². The van der Waals surface area contributed by atoms with Crippen LogP contribution >= 0.6 is 27.5 Å². The van der Waals surface area contributed by atoms with Crippen LogP contribution in [0.3, 0.4) is 0 Å². The summed E-state index contributed by atoms with van der Waals surface area (Å²) in [7, 11) is 0. The van der Waals surface area contributed by atoms with Crippen molar-refractivity contribution in [2.75, 3.05) is 5.32 Å². The highest BCUT2D eigenvalue weighted by Gasteiger charge is 2.17. The van der Waals surface area contributed by atoms with Crippen molar-refractivity contribution in [1.82, 2.24) is 4.98 Å². The number of nitriles is 1. The van der Waals surface area contributed by atoms with E-state index in [-0.39, 0.29) is 11.5 Å². The molecule has 1 heterocycles. The molecular formula is C12H6BrClN4O2. The summed E-state index contributed by atoms with van der Waals surface area (Å²) in [5, 5.41) is 23.2. The van der Waals surface area contributed by atoms with Gasteiger partial charge in [-0.2, -0.15) is 5.26 Å². The lowest BCUT2D eigenvalue weighted by atomic mass is 10.2. The fourth-order valence-corrected chi connectivity index (χ4v) is 2.00. The highest BCUT2D eigenvalue weighted by atomic mass is 79.9. The zero-order valence-corrected chi connectivity index (χ0v) is 12.1. The fraction of sp³-hybridized carbons (Fsp3) is 0. The van der Waals surface area contributed by atoms with Gasteiger partial charge in [-0.15, -0.1) is 0 Å². The van der Waals surface area contributed by atoms with Crippen molar-refractivity contribution in [3.05, 3.63) is 55.6 Å². The minimum Gasteiger partial charge on any atom is -0.333 e. The van der Waals surface area contributed by atoms with Crippen molar-refractivity contribution in [2.24, 2.45) is 0 Å². The first-order valence-corrected chi connectivity index (χ1v) is 6.45. The number of rotatable bonds is 3. The molecule has 1 aromatic heterocycles. The summed E-state index contributed by atoms with van der Waals surface area (Å²) in [6.45, 7) is 0. The van der Waals surface area contributed by atoms with Crippen LogP contribution in [-0.4, -0.2) is 9.91 Å². The van der Waals surface area contributed by atoms with E-state index >= 15 is 0 Å². The highest BCUT2D eigenvalue weighted by Crippen LogP contribution is 2.30. The Kier molecular flexibility index (Phi) is 4.17. The highest BCUT2D eigenvalue weighted by molar-refractivity contribution is 9.10. The van der Waals surface area contributed by atoms with Crippen LogP contribution in [0.5, 0.6) is 0 Å². The summed E-state index contributed by atoms with van der Waals surface area (Å²) in [6, 6.07) is 7.90. The van der Waals surface area contributed by atoms with Crippen molar-refractivity contribution in [1.29, 1.82) is 5.26 Å². The topological polar surface area (TPSA) is 91.8 Å². The van der Waals surface area contributed by atoms with E-state index in [1.165, 1.54) is 24.4 Å². The third-order valence-corrected chi connectivity index (χ3v) is 3.05. The van der Waals surface area contributed by atoms with Crippen LogP contribution < -0.4 is 5.32 Å². The van der Waals surface area contributed by atoms with Gasteiger partial charge >= 0.3 is 5.69 Å². The number of anilines is 2. The van der Waals surface area contributed by atoms with E-state index in [0.29, 0.717) is 20.7 Å². The van der Waals surface area contributed by atoms with E-state index in [1.807, 2.05) is 6.07 Å². The standard InChI is InChI=1S/C12H6BrClN4O2/c13-8-3-11(18(19)20)12(16-6-8)17-10-4-9(14)2-1-7(10)5-15/h1-4,6H,(H,16,17). The molecule has 0 aliphatic carbocycles. The molecule has 100 valence electrons. The molecule has 0 spiro atoms. The average molecular weight is 354 g/mol. The molecule has 0 unspecified atom stereocenters. The van der Waals surface area contributed by atoms with Crippen molar-refractivity contribution in [3.8, 4) is 6.07 Å². The molecule has 6 nitrogen and oxygen atoms in total. The molecule has 20 heavy (non-hydrogen) atoms. The number of aromatic nitrogens is 1. The molecule has 0 fully saturated rings. The van der Waals surface area contributed by atoms with Crippen LogP contribution in [0, 0.1) is 21.4 Å². The van der Waals surface area contributed by atoms with Crippen molar-refractivity contribution in [3.63, 3.8) is 0 Å². The first-order chi connectivity index (χ1) is 9.51. The molecule has 0 atom stereocenters. The van der Waals surface area contributed by atoms with Crippen molar-refractivity contribution >= 4 is 44.7 Å². The molecule has 0 aliphatic rings. The molecular weight excluding hydrogens is 348 g/mol. The summed E-state index contributed by atoms with van der Waals surface area (Å²) < 4.78 is 0.487. The molecule has 2 rings (SSSR count). The number of nitro groups is 1. The number of pyridine rings is 1. The zero-order valence-electron chi connectivity index (χ0n) is 9.80. The summed E-state index contributed by atoms with van der Waals surface area (Å²) in [5.74, 6) is 0.0389. The van der Waals surface area contributed by atoms with Crippen LogP contribution in [-0.2, 0) is 0 Å². The maximum absolute atomic E-state index is 11.0. The minimum absolute atomic E-state index is 0.0389. The van der Waals surface area contributed by atoms with Gasteiger partial charge in [0, 0.05) is 21.8 Å². The molecule has 0 bridgehead atoms. The monoisotopic (exact) mass is 352 g/mol. The summed E-state index contributed by atoms with van der Waals surface area (Å²) in [5.41, 5.74) is 0.467. The third kappa shape index (κ3) is 3.04. The predicted octanol–water partition coefficient (Wildman–Crippen LogP) is 4.02. The van der Waals surface area contributed by atoms with E-state index in [1.54, 1.807) is 6.07 Å². The maximum atomic E-state index is 11.0. The second-order valence-electron chi connectivity index (χ2n) is 3.71. The zero-order chi connectivity index (χ0) is 14.7. The number of hydrogen-bond acceptors (Lipinski definition) is 5. The van der Waals surface area contributed by atoms with E-state index in [2.05, 4.69) is 26.2 Å². The van der Waals surface area contributed by atoms with Gasteiger partial charge in [0.25, 0.3) is 0 Å². The first kappa shape index (κ1) is 14.2. The smallest absolute Gasteiger partial charge is 0.312 e. The van der Waals surface area contributed by atoms with E-state index in [9.17, 15) is 10.1 Å². The second-order valence-corrected chi connectivity index (χ2v) is 5.06. The number of halogens is 2. The Morgan fingerprint density at radius 2 is 2.20 bits per heavy atom. The minimum atomic E-state index is -0.559. The number of nitrogens with zero attached hydrogens (tertiary/aromatic N) is 3. The number of hydrogen-bond donors (Lipinski definition) is 1. The predicted molar refractivity (Wildman–Crippen MR) is 78.0 cm³/mol. The van der Waals surface area contributed by atoms with Gasteiger partial charge in [-0.1, -0.05) is 11.6 Å². The first-order valence-electron chi connectivity index (χ1n) is 5.28. The van der Waals surface area contributed by atoms with Gasteiger partial charge in [0.05, 0.1) is 16.2 Å². The molecule has 0 radical (unpaired) electrons. The number of benzene rings is 1. The van der Waals surface area contributed by atoms with Gasteiger partial charge in [0.1, 0.15) is 6.07 Å². The third-order valence-electron chi connectivity index (χ3n) is 2.39. The lowest BCUT2D eigenvalue weighted by Gasteiger charge is -2.08. The van der Waals surface area contributed by atoms with Crippen LogP contribution in [0.2, 0.25) is 5.02 Å². The van der Waals surface area contributed by atoms with Gasteiger partial charge in [-0.25, -0.2) is 4.98 Å². The maximum Gasteiger partial charge on any atom is 0.312 e. The Balaban J connectivity index is 2.48. The van der Waals surface area contributed by atoms with Gasteiger partial charge < -0.3 is 5.32 Å². The van der Waals surface area contributed by atoms with Crippen molar-refractivity contribution < 1.29 is 4.92 Å². The van der Waals surface area contributed by atoms with Gasteiger partial charge in [0.2, 0.25) is 5.82 Å². The van der Waals surface area contributed by atoms with Crippen molar-refractivity contribution in [2.45, 2.75) is 0 Å². The molecule has 0 saturated heterocycles. The Morgan fingerprint density at radius 3 is 2.85 bits per heavy atom. The molecule has 0 amide bonds. The summed E-state index contributed by atoms with van der Waals surface area (Å²) in [6.07, 6.45) is 1.42. The van der Waals surface area contributed by atoms with Crippen LogP contribution in [0.25, 0.3) is 0 Å². The molecule has 1 aromatic carbocycles. The lowest BCUT2D eigenvalue weighted by Crippen LogP contribution is -2.01. The van der Waals surface area contributed by atoms with Gasteiger partial charge in [-0.05, 0) is 34.1 Å². The largest absolute Gasteiger partial charge is 0.333 e. The Hall–Kier alpha value is -2.17. The Morgan fingerprint density at radius 1 is 1.45 bits per heavy atom. The molecule has 8 heteroatoms. The van der Waals surface area contributed by atoms with Gasteiger partial charge in [-0.3, -0.25) is 10.1 Å². The van der Waals surface area contributed by atoms with Crippen LogP contribution in [0.1, 0.15) is 5.56 Å². The molecule has 0 aliphatic heterocycles.